The number of fused-ring (bicyclic) bond motifs is 1. The SMILES string of the molecule is C[C@]1(C(=O)N[C@@H](Cc2ccc(NC(=O)c3c(Cl)cccc3Cl)cc2)C(=O)O)C=C(c2cccc3ncccc23)NO1. The van der Waals surface area contributed by atoms with Crippen LogP contribution in [0.1, 0.15) is 28.4 Å². The van der Waals surface area contributed by atoms with Crippen molar-refractivity contribution in [1.82, 2.24) is 15.8 Å². The van der Waals surface area contributed by atoms with Crippen LogP contribution in [0.25, 0.3) is 16.6 Å². The minimum Gasteiger partial charge on any atom is -0.480 e. The first-order valence-electron chi connectivity index (χ1n) is 12.5. The molecule has 0 radical (unpaired) electrons. The van der Waals surface area contributed by atoms with Crippen LogP contribution in [0.3, 0.4) is 0 Å². The molecule has 1 aliphatic heterocycles. The number of halogens is 2. The molecule has 0 aliphatic carbocycles. The fraction of sp³-hybridized carbons (Fsp3) is 0.133. The number of hydrogen-bond acceptors (Lipinski definition) is 6. The van der Waals surface area contributed by atoms with Crippen LogP contribution in [0.15, 0.2) is 85.1 Å². The van der Waals surface area contributed by atoms with E-state index in [0.717, 1.165) is 16.5 Å². The van der Waals surface area contributed by atoms with E-state index in [0.29, 0.717) is 16.9 Å². The second-order valence-corrected chi connectivity index (χ2v) is 10.4. The van der Waals surface area contributed by atoms with Crippen molar-refractivity contribution >= 4 is 63.3 Å². The van der Waals surface area contributed by atoms with E-state index in [1.807, 2.05) is 30.3 Å². The maximum atomic E-state index is 13.2. The molecule has 0 unspecified atom stereocenters. The first-order chi connectivity index (χ1) is 19.6. The molecule has 0 spiro atoms. The van der Waals surface area contributed by atoms with Crippen LogP contribution < -0.4 is 16.1 Å². The molecule has 1 aromatic heterocycles. The Morgan fingerprint density at radius 1 is 1.00 bits per heavy atom. The number of anilines is 1. The van der Waals surface area contributed by atoms with E-state index in [9.17, 15) is 19.5 Å². The number of carbonyl (C=O) groups is 3. The molecule has 2 heterocycles. The van der Waals surface area contributed by atoms with Crippen molar-refractivity contribution < 1.29 is 24.3 Å². The topological polar surface area (TPSA) is 130 Å². The van der Waals surface area contributed by atoms with Crippen molar-refractivity contribution in [3.63, 3.8) is 0 Å². The lowest BCUT2D eigenvalue weighted by atomic mass is 9.99. The van der Waals surface area contributed by atoms with Crippen molar-refractivity contribution in [2.24, 2.45) is 0 Å². The summed E-state index contributed by atoms with van der Waals surface area (Å²) in [6.07, 6.45) is 3.31. The quantitative estimate of drug-likeness (QED) is 0.221. The summed E-state index contributed by atoms with van der Waals surface area (Å²) < 4.78 is 0. The summed E-state index contributed by atoms with van der Waals surface area (Å²) in [5.74, 6) is -2.30. The van der Waals surface area contributed by atoms with Gasteiger partial charge in [0.25, 0.3) is 11.8 Å². The van der Waals surface area contributed by atoms with Crippen LogP contribution >= 0.6 is 23.2 Å². The van der Waals surface area contributed by atoms with Gasteiger partial charge in [0.1, 0.15) is 6.04 Å². The van der Waals surface area contributed by atoms with E-state index in [1.165, 1.54) is 0 Å². The number of benzene rings is 3. The van der Waals surface area contributed by atoms with E-state index in [2.05, 4.69) is 21.1 Å². The zero-order chi connectivity index (χ0) is 29.1. The average Bonchev–Trinajstić information content (AvgIpc) is 3.36. The number of carbonyl (C=O) groups excluding carboxylic acids is 2. The summed E-state index contributed by atoms with van der Waals surface area (Å²) in [5, 5.41) is 16.4. The summed E-state index contributed by atoms with van der Waals surface area (Å²) in [6.45, 7) is 1.55. The molecule has 3 aromatic carbocycles. The summed E-state index contributed by atoms with van der Waals surface area (Å²) in [7, 11) is 0. The molecule has 2 atom stereocenters. The molecule has 0 saturated carbocycles. The van der Waals surface area contributed by atoms with Crippen LogP contribution in [0.4, 0.5) is 5.69 Å². The van der Waals surface area contributed by atoms with Gasteiger partial charge in [0.15, 0.2) is 5.60 Å². The number of nitrogens with zero attached hydrogens (tertiary/aromatic N) is 1. The molecule has 4 N–H and O–H groups in total. The van der Waals surface area contributed by atoms with Gasteiger partial charge in [-0.05, 0) is 55.0 Å². The number of hydrogen-bond donors (Lipinski definition) is 4. The van der Waals surface area contributed by atoms with Crippen LogP contribution in [-0.2, 0) is 20.8 Å². The maximum Gasteiger partial charge on any atom is 0.326 e. The molecule has 1 aliphatic rings. The molecule has 0 saturated heterocycles. The molecule has 5 rings (SSSR count). The van der Waals surface area contributed by atoms with Gasteiger partial charge in [-0.2, -0.15) is 0 Å². The van der Waals surface area contributed by atoms with Gasteiger partial charge in [0.2, 0.25) is 0 Å². The summed E-state index contributed by atoms with van der Waals surface area (Å²) in [6, 6.07) is 19.5. The Labute approximate surface area is 245 Å². The number of carboxylic acids is 1. The third-order valence-corrected chi connectivity index (χ3v) is 7.25. The molecule has 9 nitrogen and oxygen atoms in total. The summed E-state index contributed by atoms with van der Waals surface area (Å²) in [5.41, 5.74) is 4.75. The lowest BCUT2D eigenvalue weighted by Crippen LogP contribution is -2.51. The lowest BCUT2D eigenvalue weighted by molar-refractivity contribution is -0.148. The maximum absolute atomic E-state index is 13.2. The standard InChI is InChI=1S/C30H24Cl2N4O5/c1-30(16-25(36-41-30)20-5-2-9-23-19(20)6-4-14-33-23)29(40)35-24(28(38)39)15-17-10-12-18(13-11-17)34-27(37)26-21(31)7-3-8-22(26)32/h2-14,16,24,36H,15H2,1H3,(H,34,37)(H,35,40)(H,38,39)/t24-,30+/m0/s1. The van der Waals surface area contributed by atoms with E-state index in [-0.39, 0.29) is 22.0 Å². The Morgan fingerprint density at radius 3 is 2.41 bits per heavy atom. The highest BCUT2D eigenvalue weighted by molar-refractivity contribution is 6.40. The van der Waals surface area contributed by atoms with Gasteiger partial charge in [-0.1, -0.05) is 59.6 Å². The van der Waals surface area contributed by atoms with Crippen LogP contribution in [0, 0.1) is 0 Å². The summed E-state index contributed by atoms with van der Waals surface area (Å²) in [4.78, 5) is 47.9. The zero-order valence-corrected chi connectivity index (χ0v) is 23.2. The fourth-order valence-corrected chi connectivity index (χ4v) is 5.02. The van der Waals surface area contributed by atoms with Gasteiger partial charge >= 0.3 is 5.97 Å². The minimum atomic E-state index is -1.46. The predicted molar refractivity (Wildman–Crippen MR) is 156 cm³/mol. The van der Waals surface area contributed by atoms with Gasteiger partial charge in [-0.15, -0.1) is 0 Å². The molecular weight excluding hydrogens is 567 g/mol. The van der Waals surface area contributed by atoms with Crippen LogP contribution in [-0.4, -0.2) is 39.5 Å². The molecule has 11 heteroatoms. The number of aromatic nitrogens is 1. The predicted octanol–water partition coefficient (Wildman–Crippen LogP) is 5.24. The van der Waals surface area contributed by atoms with Gasteiger partial charge in [-0.3, -0.25) is 24.9 Å². The molecular formula is C30H24Cl2N4O5. The third-order valence-electron chi connectivity index (χ3n) is 6.62. The molecule has 208 valence electrons. The average molecular weight is 591 g/mol. The number of aliphatic carboxylic acids is 1. The lowest BCUT2D eigenvalue weighted by Gasteiger charge is -2.22. The molecule has 0 fully saturated rings. The van der Waals surface area contributed by atoms with Crippen molar-refractivity contribution in [2.75, 3.05) is 5.32 Å². The van der Waals surface area contributed by atoms with E-state index in [1.54, 1.807) is 61.7 Å². The highest BCUT2D eigenvalue weighted by atomic mass is 35.5. The molecule has 2 amide bonds. The Morgan fingerprint density at radius 2 is 1.71 bits per heavy atom. The highest BCUT2D eigenvalue weighted by Crippen LogP contribution is 2.30. The van der Waals surface area contributed by atoms with Crippen molar-refractivity contribution in [3.05, 3.63) is 112 Å². The number of pyridine rings is 1. The zero-order valence-electron chi connectivity index (χ0n) is 21.7. The fourth-order valence-electron chi connectivity index (χ4n) is 4.45. The van der Waals surface area contributed by atoms with Crippen molar-refractivity contribution in [3.8, 4) is 0 Å². The van der Waals surface area contributed by atoms with Gasteiger partial charge < -0.3 is 15.7 Å². The number of carboxylic acid groups (broad SMARTS) is 1. The van der Waals surface area contributed by atoms with E-state index in [4.69, 9.17) is 28.0 Å². The monoisotopic (exact) mass is 590 g/mol. The number of amides is 2. The van der Waals surface area contributed by atoms with Crippen molar-refractivity contribution in [2.45, 2.75) is 25.0 Å². The van der Waals surface area contributed by atoms with Gasteiger partial charge in [0, 0.05) is 29.3 Å². The smallest absolute Gasteiger partial charge is 0.326 e. The Balaban J connectivity index is 1.26. The van der Waals surface area contributed by atoms with E-state index < -0.39 is 29.4 Å². The molecule has 4 aromatic rings. The molecule has 0 bridgehead atoms. The normalized spacial score (nSPS) is 16.9. The van der Waals surface area contributed by atoms with E-state index >= 15 is 0 Å². The first-order valence-corrected chi connectivity index (χ1v) is 13.3. The second-order valence-electron chi connectivity index (χ2n) is 9.56. The van der Waals surface area contributed by atoms with Gasteiger partial charge in [0.05, 0.1) is 26.8 Å². The van der Waals surface area contributed by atoms with Crippen molar-refractivity contribution in [1.29, 1.82) is 0 Å². The Kier molecular flexibility index (Phi) is 7.94. The Hall–Kier alpha value is -4.44. The van der Waals surface area contributed by atoms with Crippen LogP contribution in [0.5, 0.6) is 0 Å². The van der Waals surface area contributed by atoms with Crippen LogP contribution in [0.2, 0.25) is 10.0 Å². The minimum absolute atomic E-state index is 0.000708. The third kappa shape index (κ3) is 6.02. The molecule has 41 heavy (non-hydrogen) atoms. The largest absolute Gasteiger partial charge is 0.480 e. The number of nitrogens with one attached hydrogen (secondary N) is 3. The highest BCUT2D eigenvalue weighted by Gasteiger charge is 2.40. The number of hydroxylamine groups is 1. The second kappa shape index (κ2) is 11.6. The first kappa shape index (κ1) is 28.1. The Bertz CT molecular complexity index is 1670. The summed E-state index contributed by atoms with van der Waals surface area (Å²) >= 11 is 12.2. The van der Waals surface area contributed by atoms with Gasteiger partial charge in [-0.25, -0.2) is 4.79 Å². The number of rotatable bonds is 8.